The van der Waals surface area contributed by atoms with E-state index < -0.39 is 17.2 Å². The molecule has 2 heterocycles. The minimum Gasteiger partial charge on any atom is -0.398 e. The number of nitrogens with zero attached hydrogens (tertiary/aromatic N) is 2. The number of aryl methyl sites for hydroxylation is 1. The molecule has 1 unspecified atom stereocenters. The summed E-state index contributed by atoms with van der Waals surface area (Å²) in [6, 6.07) is 2.65. The summed E-state index contributed by atoms with van der Waals surface area (Å²) in [4.78, 5) is 41.8. The summed E-state index contributed by atoms with van der Waals surface area (Å²) in [5, 5.41) is 1.92. The average molecular weight is 322 g/mol. The van der Waals surface area contributed by atoms with Gasteiger partial charge in [-0.15, -0.1) is 0 Å². The molecule has 0 radical (unpaired) electrons. The molecule has 0 bridgehead atoms. The van der Waals surface area contributed by atoms with Gasteiger partial charge in [0, 0.05) is 12.1 Å². The maximum Gasteiger partial charge on any atom is 0.264 e. The number of hydrogen-bond acceptors (Lipinski definition) is 5. The van der Waals surface area contributed by atoms with Crippen LogP contribution in [0.1, 0.15) is 18.3 Å². The van der Waals surface area contributed by atoms with Crippen LogP contribution >= 0.6 is 0 Å². The molecule has 2 aromatic rings. The lowest BCUT2D eigenvalue weighted by molar-refractivity contribution is -0.136. The molecule has 7 nitrogen and oxygen atoms in total. The fourth-order valence-electron chi connectivity index (χ4n) is 3.45. The van der Waals surface area contributed by atoms with E-state index >= 15 is 0 Å². The number of carbonyl (C=O) groups excluding carboxylic acids is 2. The third-order valence-corrected chi connectivity index (χ3v) is 4.59. The molecule has 0 saturated carbocycles. The molecule has 120 valence electrons. The molecule has 1 atom stereocenters. The molecule has 1 aromatic heterocycles. The first-order valence-corrected chi connectivity index (χ1v) is 7.75. The van der Waals surface area contributed by atoms with Crippen LogP contribution in [0.5, 0.6) is 0 Å². The SMILES string of the molecule is Bc1ccc(N)c2c(=O)n(C3C(=O)NC(=O)CC3(B)B)c(C)nc12. The van der Waals surface area contributed by atoms with Crippen molar-refractivity contribution in [1.82, 2.24) is 14.9 Å². The highest BCUT2D eigenvalue weighted by atomic mass is 16.2. The van der Waals surface area contributed by atoms with Crippen LogP contribution in [0.25, 0.3) is 10.9 Å². The van der Waals surface area contributed by atoms with E-state index in [4.69, 9.17) is 5.73 Å². The number of piperidine rings is 1. The highest BCUT2D eigenvalue weighted by Gasteiger charge is 2.44. The van der Waals surface area contributed by atoms with Crippen molar-refractivity contribution in [3.8, 4) is 0 Å². The van der Waals surface area contributed by atoms with E-state index in [9.17, 15) is 14.4 Å². The van der Waals surface area contributed by atoms with Crippen molar-refractivity contribution >= 4 is 57.4 Å². The molecule has 0 aliphatic carbocycles. The van der Waals surface area contributed by atoms with Gasteiger partial charge < -0.3 is 5.73 Å². The number of nitrogens with one attached hydrogen (secondary N) is 1. The third-order valence-electron chi connectivity index (χ3n) is 4.59. The first-order valence-electron chi connectivity index (χ1n) is 7.75. The molecule has 10 heteroatoms. The number of benzene rings is 1. The maximum atomic E-state index is 13.1. The highest BCUT2D eigenvalue weighted by Crippen LogP contribution is 2.38. The molecule has 0 spiro atoms. The fourth-order valence-corrected chi connectivity index (χ4v) is 3.45. The monoisotopic (exact) mass is 322 g/mol. The first kappa shape index (κ1) is 16.4. The standard InChI is InChI=1S/C14H17B3N4O3/c1-5-19-10-6(15)2-3-7(18)9(10)13(24)21(5)11-12(23)20-8(22)4-14(11,16)17/h2-3,11H,4,15-18H2,1H3,(H,20,22,23). The molecule has 1 aliphatic heterocycles. The summed E-state index contributed by atoms with van der Waals surface area (Å²) in [6.45, 7) is 1.68. The Labute approximate surface area is 141 Å². The lowest BCUT2D eigenvalue weighted by Crippen LogP contribution is -2.52. The van der Waals surface area contributed by atoms with Gasteiger partial charge in [0.05, 0.1) is 10.9 Å². The van der Waals surface area contributed by atoms with Crippen LogP contribution in [0, 0.1) is 6.92 Å². The van der Waals surface area contributed by atoms with Gasteiger partial charge in [0.25, 0.3) is 5.56 Å². The number of rotatable bonds is 1. The molecule has 1 aliphatic rings. The fraction of sp³-hybridized carbons (Fsp3) is 0.286. The Morgan fingerprint density at radius 1 is 1.33 bits per heavy atom. The van der Waals surface area contributed by atoms with Crippen molar-refractivity contribution in [2.24, 2.45) is 0 Å². The zero-order valence-corrected chi connectivity index (χ0v) is 14.1. The summed E-state index contributed by atoms with van der Waals surface area (Å²) in [5.41, 5.74) is 7.34. The van der Waals surface area contributed by atoms with E-state index in [0.717, 1.165) is 5.46 Å². The van der Waals surface area contributed by atoms with Crippen molar-refractivity contribution < 1.29 is 9.59 Å². The first-order chi connectivity index (χ1) is 11.1. The lowest BCUT2D eigenvalue weighted by Gasteiger charge is -2.38. The Hall–Kier alpha value is -2.51. The number of carbonyl (C=O) groups is 2. The Kier molecular flexibility index (Phi) is 3.58. The van der Waals surface area contributed by atoms with Crippen LogP contribution in [0.2, 0.25) is 5.21 Å². The second kappa shape index (κ2) is 5.26. The highest BCUT2D eigenvalue weighted by molar-refractivity contribution is 6.43. The van der Waals surface area contributed by atoms with Crippen molar-refractivity contribution in [2.75, 3.05) is 5.73 Å². The van der Waals surface area contributed by atoms with E-state index in [2.05, 4.69) is 10.3 Å². The predicted molar refractivity (Wildman–Crippen MR) is 99.9 cm³/mol. The Balaban J connectivity index is 2.35. The minimum absolute atomic E-state index is 0.149. The zero-order valence-electron chi connectivity index (χ0n) is 14.1. The van der Waals surface area contributed by atoms with Gasteiger partial charge in [0.15, 0.2) is 0 Å². The van der Waals surface area contributed by atoms with E-state index in [1.165, 1.54) is 4.57 Å². The van der Waals surface area contributed by atoms with Gasteiger partial charge >= 0.3 is 0 Å². The molecule has 1 saturated heterocycles. The van der Waals surface area contributed by atoms with E-state index in [1.54, 1.807) is 28.7 Å². The van der Waals surface area contributed by atoms with E-state index in [1.807, 2.05) is 13.9 Å². The quantitative estimate of drug-likeness (QED) is 0.322. The summed E-state index contributed by atoms with van der Waals surface area (Å²) in [7, 11) is 5.45. The number of nitrogen functional groups attached to an aromatic ring is 1. The summed E-state index contributed by atoms with van der Waals surface area (Å²) < 4.78 is 1.36. The zero-order chi connectivity index (χ0) is 17.8. The largest absolute Gasteiger partial charge is 0.398 e. The van der Waals surface area contributed by atoms with Gasteiger partial charge in [-0.25, -0.2) is 4.98 Å². The molecular weight excluding hydrogens is 305 g/mol. The molecule has 3 rings (SSSR count). The smallest absolute Gasteiger partial charge is 0.264 e. The number of imide groups is 1. The van der Waals surface area contributed by atoms with E-state index in [0.29, 0.717) is 22.4 Å². The third kappa shape index (κ3) is 2.33. The number of anilines is 1. The second-order valence-electron chi connectivity index (χ2n) is 7.01. The second-order valence-corrected chi connectivity index (χ2v) is 7.01. The molecular formula is C14H17B3N4O3. The van der Waals surface area contributed by atoms with Crippen LogP contribution < -0.4 is 22.1 Å². The van der Waals surface area contributed by atoms with Crippen LogP contribution in [0.3, 0.4) is 0 Å². The summed E-state index contributed by atoms with van der Waals surface area (Å²) in [5.74, 6) is -0.409. The van der Waals surface area contributed by atoms with Crippen LogP contribution in [0.15, 0.2) is 16.9 Å². The van der Waals surface area contributed by atoms with Crippen molar-refractivity contribution in [1.29, 1.82) is 0 Å². The number of amides is 2. The molecule has 1 fully saturated rings. The van der Waals surface area contributed by atoms with E-state index in [-0.39, 0.29) is 17.9 Å². The van der Waals surface area contributed by atoms with Crippen molar-refractivity contribution in [2.45, 2.75) is 24.6 Å². The number of aromatic nitrogens is 2. The van der Waals surface area contributed by atoms with Gasteiger partial charge in [-0.05, 0) is 18.2 Å². The lowest BCUT2D eigenvalue weighted by atomic mass is 9.47. The average Bonchev–Trinajstić information content (AvgIpc) is 2.44. The molecule has 1 aromatic carbocycles. The maximum absolute atomic E-state index is 13.1. The Morgan fingerprint density at radius 2 is 2.00 bits per heavy atom. The predicted octanol–water partition coefficient (Wildman–Crippen LogP) is -3.48. The number of fused-ring (bicyclic) bond motifs is 1. The summed E-state index contributed by atoms with van der Waals surface area (Å²) >= 11 is 0. The van der Waals surface area contributed by atoms with Crippen LogP contribution in [-0.4, -0.2) is 44.9 Å². The molecule has 3 N–H and O–H groups in total. The van der Waals surface area contributed by atoms with Gasteiger partial charge in [-0.3, -0.25) is 24.3 Å². The normalized spacial score (nSPS) is 20.1. The molecule has 24 heavy (non-hydrogen) atoms. The van der Waals surface area contributed by atoms with Crippen LogP contribution in [0.4, 0.5) is 5.69 Å². The van der Waals surface area contributed by atoms with Gasteiger partial charge in [-0.2, -0.15) is 0 Å². The molecule has 2 amide bonds. The van der Waals surface area contributed by atoms with Gasteiger partial charge in [-0.1, -0.05) is 11.5 Å². The van der Waals surface area contributed by atoms with Crippen molar-refractivity contribution in [3.63, 3.8) is 0 Å². The van der Waals surface area contributed by atoms with Crippen molar-refractivity contribution in [3.05, 3.63) is 28.3 Å². The Bertz CT molecular complexity index is 954. The van der Waals surface area contributed by atoms with Gasteiger partial charge in [0.1, 0.15) is 35.4 Å². The van der Waals surface area contributed by atoms with Gasteiger partial charge in [0.2, 0.25) is 11.8 Å². The summed E-state index contributed by atoms with van der Waals surface area (Å²) in [6.07, 6.45) is 0.149. The minimum atomic E-state index is -0.820. The topological polar surface area (TPSA) is 107 Å². The Morgan fingerprint density at radius 3 is 2.62 bits per heavy atom. The van der Waals surface area contributed by atoms with Crippen LogP contribution in [-0.2, 0) is 9.59 Å². The number of hydrogen-bond donors (Lipinski definition) is 2. The number of nitrogens with two attached hydrogens (primary N) is 1.